The molecule has 8 nitrogen and oxygen atoms in total. The average Bonchev–Trinajstić information content (AvgIpc) is 3.12. The number of aliphatic hydroxyl groups is 1. The number of aliphatic hydroxyl groups excluding tert-OH is 1. The number of carbonyl (C=O) groups excluding carboxylic acids is 3. The van der Waals surface area contributed by atoms with E-state index < -0.39 is 40.9 Å². The lowest BCUT2D eigenvalue weighted by molar-refractivity contribution is -0.449. The third-order valence-corrected chi connectivity index (χ3v) is 10.6. The molecule has 0 unspecified atom stereocenters. The number of fused-ring (bicyclic) bond motifs is 3. The van der Waals surface area contributed by atoms with Gasteiger partial charge in [0.15, 0.2) is 5.79 Å². The zero-order valence-electron chi connectivity index (χ0n) is 20.9. The van der Waals surface area contributed by atoms with Crippen LogP contribution in [0.2, 0.25) is 0 Å². The van der Waals surface area contributed by atoms with Crippen molar-refractivity contribution in [2.75, 3.05) is 13.7 Å². The van der Waals surface area contributed by atoms with Gasteiger partial charge in [-0.05, 0) is 50.9 Å². The average molecular weight is 479 g/mol. The summed E-state index contributed by atoms with van der Waals surface area (Å²) in [6.07, 6.45) is 3.33. The van der Waals surface area contributed by atoms with Crippen molar-refractivity contribution in [1.82, 2.24) is 0 Å². The van der Waals surface area contributed by atoms with E-state index >= 15 is 0 Å². The highest BCUT2D eigenvalue weighted by Crippen LogP contribution is 2.75. The molecule has 2 aliphatic heterocycles. The van der Waals surface area contributed by atoms with Gasteiger partial charge < -0.3 is 24.1 Å². The molecule has 10 atom stereocenters. The summed E-state index contributed by atoms with van der Waals surface area (Å²) in [4.78, 5) is 37.2. The Kier molecular flexibility index (Phi) is 5.51. The Labute approximate surface area is 201 Å². The third-order valence-electron chi connectivity index (χ3n) is 10.6. The van der Waals surface area contributed by atoms with Crippen molar-refractivity contribution >= 4 is 17.7 Å². The summed E-state index contributed by atoms with van der Waals surface area (Å²) < 4.78 is 24.6. The molecule has 34 heavy (non-hydrogen) atoms. The number of Topliss-reactive ketones (excluding diaryl/α,β-unsaturated/α-hetero) is 1. The molecule has 190 valence electrons. The van der Waals surface area contributed by atoms with Crippen LogP contribution < -0.4 is 0 Å². The van der Waals surface area contributed by atoms with E-state index in [4.69, 9.17) is 18.9 Å². The van der Waals surface area contributed by atoms with E-state index in [1.54, 1.807) is 14.0 Å². The molecule has 0 amide bonds. The van der Waals surface area contributed by atoms with Gasteiger partial charge in [0.25, 0.3) is 0 Å². The lowest BCUT2D eigenvalue weighted by atomic mass is 9.38. The van der Waals surface area contributed by atoms with Crippen LogP contribution in [0.5, 0.6) is 0 Å². The summed E-state index contributed by atoms with van der Waals surface area (Å²) >= 11 is 0. The summed E-state index contributed by atoms with van der Waals surface area (Å²) in [5.74, 6) is -2.18. The highest BCUT2D eigenvalue weighted by Gasteiger charge is 2.80. The molecule has 4 saturated carbocycles. The maximum absolute atomic E-state index is 12.9. The SMILES string of the molecule is CO[C@@]12CC[C@@]3(C)[C@H](C[C@@H](O)[C@H]4[C@@H]5CC[C@H](C(C)=O)[C@@]5(COC(C)=O)C[C@@H](OC(C)=O)[C@@]43O1)C2. The zero-order chi connectivity index (χ0) is 24.7. The second kappa shape index (κ2) is 7.74. The van der Waals surface area contributed by atoms with Gasteiger partial charge in [0, 0.05) is 56.5 Å². The lowest BCUT2D eigenvalue weighted by Gasteiger charge is -2.75. The normalized spacial score (nSPS) is 50.8. The highest BCUT2D eigenvalue weighted by molar-refractivity contribution is 5.80. The van der Waals surface area contributed by atoms with Crippen LogP contribution in [-0.4, -0.2) is 60.1 Å². The van der Waals surface area contributed by atoms with Crippen molar-refractivity contribution in [3.05, 3.63) is 0 Å². The Morgan fingerprint density at radius 1 is 1.06 bits per heavy atom. The predicted octanol–water partition coefficient (Wildman–Crippen LogP) is 2.79. The Balaban J connectivity index is 1.70. The summed E-state index contributed by atoms with van der Waals surface area (Å²) in [6, 6.07) is 0. The van der Waals surface area contributed by atoms with Crippen LogP contribution in [0.25, 0.3) is 0 Å². The molecule has 6 aliphatic rings. The number of carbonyl (C=O) groups is 3. The summed E-state index contributed by atoms with van der Waals surface area (Å²) in [5.41, 5.74) is -1.94. The van der Waals surface area contributed by atoms with Crippen molar-refractivity contribution < 1.29 is 38.4 Å². The Hall–Kier alpha value is -1.51. The van der Waals surface area contributed by atoms with E-state index in [1.807, 2.05) is 0 Å². The number of methoxy groups -OCH3 is 1. The fourth-order valence-electron chi connectivity index (χ4n) is 9.29. The third kappa shape index (κ3) is 2.97. The zero-order valence-corrected chi connectivity index (χ0v) is 20.9. The van der Waals surface area contributed by atoms with Crippen molar-refractivity contribution in [3.8, 4) is 0 Å². The smallest absolute Gasteiger partial charge is 0.303 e. The van der Waals surface area contributed by atoms with E-state index in [9.17, 15) is 19.5 Å². The molecule has 1 N–H and O–H groups in total. The summed E-state index contributed by atoms with van der Waals surface area (Å²) in [5, 5.41) is 11.7. The van der Waals surface area contributed by atoms with Crippen LogP contribution in [0, 0.1) is 34.5 Å². The molecule has 6 fully saturated rings. The van der Waals surface area contributed by atoms with Crippen LogP contribution in [0.1, 0.15) is 72.6 Å². The standard InChI is InChI=1S/C26H38O8/c1-14(27)18-6-7-19-22-20(30)10-17-11-25(31-5)9-8-23(17,4)26(22,34-25)21(33-16(3)29)12-24(18,19)13-32-15(2)28/h17-22,30H,6-13H2,1-5H3/t17-,18-,19+,20-,21-,22-,23+,24+,25+,26-/m1/s1. The molecule has 0 radical (unpaired) electrons. The molecule has 6 rings (SSSR count). The molecular formula is C26H38O8. The van der Waals surface area contributed by atoms with Gasteiger partial charge >= 0.3 is 11.9 Å². The maximum Gasteiger partial charge on any atom is 0.303 e. The number of ether oxygens (including phenoxy) is 4. The van der Waals surface area contributed by atoms with Crippen molar-refractivity contribution in [2.45, 2.75) is 96.2 Å². The quantitative estimate of drug-likeness (QED) is 0.601. The Morgan fingerprint density at radius 2 is 1.79 bits per heavy atom. The lowest BCUT2D eigenvalue weighted by Crippen LogP contribution is -2.82. The van der Waals surface area contributed by atoms with Gasteiger partial charge in [-0.15, -0.1) is 0 Å². The summed E-state index contributed by atoms with van der Waals surface area (Å²) in [7, 11) is 1.67. The number of ketones is 1. The molecule has 4 aliphatic carbocycles. The van der Waals surface area contributed by atoms with Gasteiger partial charge in [-0.1, -0.05) is 6.92 Å². The molecule has 1 spiro atoms. The fourth-order valence-corrected chi connectivity index (χ4v) is 9.29. The van der Waals surface area contributed by atoms with Crippen LogP contribution in [0.3, 0.4) is 0 Å². The molecule has 0 aromatic rings. The minimum absolute atomic E-state index is 0.0426. The predicted molar refractivity (Wildman–Crippen MR) is 119 cm³/mol. The van der Waals surface area contributed by atoms with Crippen LogP contribution in [0.4, 0.5) is 0 Å². The second-order valence-corrected chi connectivity index (χ2v) is 11.8. The van der Waals surface area contributed by atoms with Crippen LogP contribution >= 0.6 is 0 Å². The van der Waals surface area contributed by atoms with Crippen LogP contribution in [-0.2, 0) is 33.3 Å². The Bertz CT molecular complexity index is 903. The van der Waals surface area contributed by atoms with Crippen molar-refractivity contribution in [2.24, 2.45) is 34.5 Å². The van der Waals surface area contributed by atoms with Crippen molar-refractivity contribution in [1.29, 1.82) is 0 Å². The molecule has 0 aromatic heterocycles. The van der Waals surface area contributed by atoms with E-state index in [1.165, 1.54) is 13.8 Å². The molecule has 4 bridgehead atoms. The maximum atomic E-state index is 12.9. The summed E-state index contributed by atoms with van der Waals surface area (Å²) in [6.45, 7) is 6.64. The number of rotatable bonds is 5. The minimum Gasteiger partial charge on any atom is -0.465 e. The molecule has 8 heteroatoms. The first kappa shape index (κ1) is 24.2. The molecule has 2 saturated heterocycles. The topological polar surface area (TPSA) is 108 Å². The molecule has 2 heterocycles. The number of hydrogen-bond donors (Lipinski definition) is 1. The van der Waals surface area contributed by atoms with E-state index in [-0.39, 0.29) is 41.5 Å². The van der Waals surface area contributed by atoms with E-state index in [2.05, 4.69) is 6.92 Å². The van der Waals surface area contributed by atoms with E-state index in [0.717, 1.165) is 19.3 Å². The van der Waals surface area contributed by atoms with Gasteiger partial charge in [-0.3, -0.25) is 14.4 Å². The van der Waals surface area contributed by atoms with Crippen LogP contribution in [0.15, 0.2) is 0 Å². The first-order valence-electron chi connectivity index (χ1n) is 12.7. The minimum atomic E-state index is -0.927. The van der Waals surface area contributed by atoms with Crippen molar-refractivity contribution in [3.63, 3.8) is 0 Å². The molecule has 0 aromatic carbocycles. The van der Waals surface area contributed by atoms with Gasteiger partial charge in [0.1, 0.15) is 17.5 Å². The highest BCUT2D eigenvalue weighted by atomic mass is 16.7. The monoisotopic (exact) mass is 478 g/mol. The fraction of sp³-hybridized carbons (Fsp3) is 0.885. The number of esters is 2. The first-order chi connectivity index (χ1) is 15.9. The van der Waals surface area contributed by atoms with Gasteiger partial charge in [-0.2, -0.15) is 0 Å². The second-order valence-electron chi connectivity index (χ2n) is 11.8. The molecular weight excluding hydrogens is 440 g/mol. The first-order valence-corrected chi connectivity index (χ1v) is 12.7. The van der Waals surface area contributed by atoms with Gasteiger partial charge in [0.2, 0.25) is 0 Å². The Morgan fingerprint density at radius 3 is 2.41 bits per heavy atom. The van der Waals surface area contributed by atoms with Gasteiger partial charge in [0.05, 0.1) is 12.7 Å². The largest absolute Gasteiger partial charge is 0.465 e. The van der Waals surface area contributed by atoms with Gasteiger partial charge in [-0.25, -0.2) is 0 Å². The van der Waals surface area contributed by atoms with E-state index in [0.29, 0.717) is 25.7 Å². The number of hydrogen-bond acceptors (Lipinski definition) is 8.